The van der Waals surface area contributed by atoms with Gasteiger partial charge in [0.25, 0.3) is 11.6 Å². The predicted octanol–water partition coefficient (Wildman–Crippen LogP) is 3.04. The molecule has 0 saturated carbocycles. The summed E-state index contributed by atoms with van der Waals surface area (Å²) < 4.78 is 0. The summed E-state index contributed by atoms with van der Waals surface area (Å²) in [6, 6.07) is 8.54. The summed E-state index contributed by atoms with van der Waals surface area (Å²) in [6.07, 6.45) is 0.628. The molecule has 0 spiro atoms. The van der Waals surface area contributed by atoms with Crippen molar-refractivity contribution >= 4 is 39.6 Å². The van der Waals surface area contributed by atoms with Crippen LogP contribution in [0, 0.1) is 10.1 Å². The van der Waals surface area contributed by atoms with Gasteiger partial charge in [-0.2, -0.15) is 0 Å². The van der Waals surface area contributed by atoms with Gasteiger partial charge in [0.05, 0.1) is 4.92 Å². The molecule has 0 bridgehead atoms. The second kappa shape index (κ2) is 6.99. The van der Waals surface area contributed by atoms with Gasteiger partial charge in [-0.25, -0.2) is 0 Å². The van der Waals surface area contributed by atoms with E-state index in [2.05, 4.69) is 15.5 Å². The fourth-order valence-electron chi connectivity index (χ4n) is 3.15. The van der Waals surface area contributed by atoms with E-state index >= 15 is 0 Å². The first-order valence-corrected chi connectivity index (χ1v) is 9.37. The van der Waals surface area contributed by atoms with Crippen LogP contribution in [0.25, 0.3) is 0 Å². The zero-order chi connectivity index (χ0) is 20.7. The molecule has 2 aromatic carbocycles. The Morgan fingerprint density at radius 3 is 2.38 bits per heavy atom. The van der Waals surface area contributed by atoms with Crippen LogP contribution in [0.1, 0.15) is 54.1 Å². The normalized spacial score (nSPS) is 12.3. The Bertz CT molecular complexity index is 1220. The summed E-state index contributed by atoms with van der Waals surface area (Å²) >= 11 is 1.15. The number of hydrogen-bond donors (Lipinski definition) is 1. The highest BCUT2D eigenvalue weighted by molar-refractivity contribution is 7.15. The number of carbonyl (C=O) groups is 3. The molecule has 0 saturated heterocycles. The summed E-state index contributed by atoms with van der Waals surface area (Å²) in [7, 11) is 0. The van der Waals surface area contributed by atoms with E-state index in [1.54, 1.807) is 12.1 Å². The zero-order valence-electron chi connectivity index (χ0n) is 15.0. The third-order valence-corrected chi connectivity index (χ3v) is 5.47. The SMILES string of the molecule is CCc1nnc(NC(=O)c2ccc3c(c2[N+](=O)[O-])C(=O)c2ccccc2C3=O)s1. The lowest BCUT2D eigenvalue weighted by Gasteiger charge is -2.18. The number of benzene rings is 2. The van der Waals surface area contributed by atoms with Gasteiger partial charge in [0.1, 0.15) is 16.1 Å². The summed E-state index contributed by atoms with van der Waals surface area (Å²) in [5.74, 6) is -1.97. The quantitative estimate of drug-likeness (QED) is 0.405. The van der Waals surface area contributed by atoms with E-state index < -0.39 is 28.1 Å². The molecule has 4 rings (SSSR count). The van der Waals surface area contributed by atoms with Crippen LogP contribution < -0.4 is 5.32 Å². The van der Waals surface area contributed by atoms with Gasteiger partial charge in [-0.15, -0.1) is 10.2 Å². The van der Waals surface area contributed by atoms with Crippen molar-refractivity contribution in [1.29, 1.82) is 0 Å². The standard InChI is InChI=1S/C19H12N4O5S/c1-2-13-21-22-19(29-13)20-18(26)12-8-7-11-14(15(12)23(27)28)17(25)10-6-4-3-5-9(10)16(11)24/h3-8H,2H2,1H3,(H,20,22,26). The Morgan fingerprint density at radius 1 is 1.07 bits per heavy atom. The molecular formula is C19H12N4O5S. The number of anilines is 1. The van der Waals surface area contributed by atoms with Gasteiger partial charge < -0.3 is 0 Å². The van der Waals surface area contributed by atoms with Gasteiger partial charge >= 0.3 is 0 Å². The summed E-state index contributed by atoms with van der Waals surface area (Å²) in [5.41, 5.74) is -1.26. The summed E-state index contributed by atoms with van der Waals surface area (Å²) in [5, 5.41) is 22.8. The van der Waals surface area contributed by atoms with Crippen molar-refractivity contribution < 1.29 is 19.3 Å². The van der Waals surface area contributed by atoms with Crippen LogP contribution in [-0.2, 0) is 6.42 Å². The fourth-order valence-corrected chi connectivity index (χ4v) is 3.83. The second-order valence-corrected chi connectivity index (χ2v) is 7.22. The molecule has 0 fully saturated rings. The Hall–Kier alpha value is -3.79. The molecule has 0 unspecified atom stereocenters. The number of rotatable bonds is 4. The molecule has 0 atom stereocenters. The molecule has 1 aromatic heterocycles. The molecule has 144 valence electrons. The minimum absolute atomic E-state index is 0.0716. The molecule has 3 aromatic rings. The largest absolute Gasteiger partial charge is 0.296 e. The predicted molar refractivity (Wildman–Crippen MR) is 104 cm³/mol. The molecule has 1 aliphatic rings. The maximum Gasteiger partial charge on any atom is 0.294 e. The van der Waals surface area contributed by atoms with Crippen molar-refractivity contribution in [3.8, 4) is 0 Å². The fraction of sp³-hybridized carbons (Fsp3) is 0.105. The first-order chi connectivity index (χ1) is 13.9. The van der Waals surface area contributed by atoms with Crippen molar-refractivity contribution in [2.45, 2.75) is 13.3 Å². The highest BCUT2D eigenvalue weighted by Gasteiger charge is 2.38. The minimum Gasteiger partial charge on any atom is -0.296 e. The van der Waals surface area contributed by atoms with E-state index in [9.17, 15) is 24.5 Å². The molecular weight excluding hydrogens is 396 g/mol. The van der Waals surface area contributed by atoms with E-state index in [1.165, 1.54) is 24.3 Å². The summed E-state index contributed by atoms with van der Waals surface area (Å²) in [4.78, 5) is 49.4. The van der Waals surface area contributed by atoms with E-state index in [1.807, 2.05) is 6.92 Å². The van der Waals surface area contributed by atoms with Crippen LogP contribution in [-0.4, -0.2) is 32.6 Å². The lowest BCUT2D eigenvalue weighted by Crippen LogP contribution is -2.24. The van der Waals surface area contributed by atoms with Crippen LogP contribution in [0.3, 0.4) is 0 Å². The van der Waals surface area contributed by atoms with Crippen molar-refractivity contribution in [3.05, 3.63) is 79.3 Å². The number of ketones is 2. The second-order valence-electron chi connectivity index (χ2n) is 6.15. The average molecular weight is 408 g/mol. The molecule has 1 heterocycles. The molecule has 29 heavy (non-hydrogen) atoms. The lowest BCUT2D eigenvalue weighted by molar-refractivity contribution is -0.385. The number of nitrogens with zero attached hydrogens (tertiary/aromatic N) is 3. The minimum atomic E-state index is -0.815. The third kappa shape index (κ3) is 2.99. The molecule has 9 nitrogen and oxygen atoms in total. The van der Waals surface area contributed by atoms with Crippen molar-refractivity contribution in [2.75, 3.05) is 5.32 Å². The van der Waals surface area contributed by atoms with Gasteiger partial charge in [-0.1, -0.05) is 42.5 Å². The van der Waals surface area contributed by atoms with E-state index in [0.717, 1.165) is 11.3 Å². The number of fused-ring (bicyclic) bond motifs is 2. The monoisotopic (exact) mass is 408 g/mol. The first kappa shape index (κ1) is 18.6. The Kier molecular flexibility index (Phi) is 4.47. The molecule has 1 aliphatic carbocycles. The van der Waals surface area contributed by atoms with Crippen LogP contribution in [0.5, 0.6) is 0 Å². The number of nitro benzene ring substituents is 1. The Balaban J connectivity index is 1.83. The van der Waals surface area contributed by atoms with Crippen molar-refractivity contribution in [2.24, 2.45) is 0 Å². The van der Waals surface area contributed by atoms with E-state index in [0.29, 0.717) is 11.4 Å². The van der Waals surface area contributed by atoms with E-state index in [-0.39, 0.29) is 32.9 Å². The maximum atomic E-state index is 12.9. The van der Waals surface area contributed by atoms with Crippen molar-refractivity contribution in [3.63, 3.8) is 0 Å². The Morgan fingerprint density at radius 2 is 1.76 bits per heavy atom. The third-order valence-electron chi connectivity index (χ3n) is 4.48. The number of nitrogens with one attached hydrogen (secondary N) is 1. The average Bonchev–Trinajstić information content (AvgIpc) is 3.18. The number of amides is 1. The summed E-state index contributed by atoms with van der Waals surface area (Å²) in [6.45, 7) is 1.88. The highest BCUT2D eigenvalue weighted by atomic mass is 32.1. The van der Waals surface area contributed by atoms with Crippen LogP contribution in [0.4, 0.5) is 10.8 Å². The zero-order valence-corrected chi connectivity index (χ0v) is 15.8. The Labute approximate surface area is 167 Å². The van der Waals surface area contributed by atoms with Gasteiger partial charge in [0, 0.05) is 16.7 Å². The lowest BCUT2D eigenvalue weighted by atomic mass is 9.82. The van der Waals surface area contributed by atoms with Crippen LogP contribution in [0.15, 0.2) is 36.4 Å². The number of nitro groups is 1. The maximum absolute atomic E-state index is 12.9. The first-order valence-electron chi connectivity index (χ1n) is 8.56. The topological polar surface area (TPSA) is 132 Å². The molecule has 0 aliphatic heterocycles. The highest BCUT2D eigenvalue weighted by Crippen LogP contribution is 2.35. The van der Waals surface area contributed by atoms with Crippen LogP contribution >= 0.6 is 11.3 Å². The van der Waals surface area contributed by atoms with Gasteiger partial charge in [-0.05, 0) is 18.6 Å². The van der Waals surface area contributed by atoms with Gasteiger partial charge in [0.15, 0.2) is 5.78 Å². The number of aromatic nitrogens is 2. The number of aryl methyl sites for hydroxylation is 1. The number of carbonyl (C=O) groups excluding carboxylic acids is 3. The smallest absolute Gasteiger partial charge is 0.294 e. The van der Waals surface area contributed by atoms with E-state index in [4.69, 9.17) is 0 Å². The molecule has 10 heteroatoms. The molecule has 0 radical (unpaired) electrons. The van der Waals surface area contributed by atoms with Crippen molar-refractivity contribution in [1.82, 2.24) is 10.2 Å². The van der Waals surface area contributed by atoms with Crippen LogP contribution in [0.2, 0.25) is 0 Å². The number of hydrogen-bond acceptors (Lipinski definition) is 8. The van der Waals surface area contributed by atoms with Gasteiger partial charge in [-0.3, -0.25) is 29.8 Å². The molecule has 1 amide bonds. The molecule has 1 N–H and O–H groups in total. The van der Waals surface area contributed by atoms with Gasteiger partial charge in [0.2, 0.25) is 10.9 Å².